The molecule has 1 saturated carbocycles. The van der Waals surface area contributed by atoms with Crippen molar-refractivity contribution in [2.24, 2.45) is 11.8 Å². The van der Waals surface area contributed by atoms with Gasteiger partial charge in [-0.3, -0.25) is 4.79 Å². The molecule has 0 atom stereocenters. The molecular weight excluding hydrogens is 528 g/mol. The zero-order valence-corrected chi connectivity index (χ0v) is 22.9. The van der Waals surface area contributed by atoms with Crippen molar-refractivity contribution >= 4 is 45.8 Å². The summed E-state index contributed by atoms with van der Waals surface area (Å²) in [5.41, 5.74) is 4.19. The highest BCUT2D eigenvalue weighted by atomic mass is 32.1. The Bertz CT molecular complexity index is 1390. The smallest absolute Gasteiger partial charge is 0.346 e. The predicted molar refractivity (Wildman–Crippen MR) is 147 cm³/mol. The molecule has 2 N–H and O–H groups in total. The highest BCUT2D eigenvalue weighted by molar-refractivity contribution is 7.17. The van der Waals surface area contributed by atoms with Gasteiger partial charge in [-0.25, -0.2) is 18.6 Å². The van der Waals surface area contributed by atoms with E-state index in [4.69, 9.17) is 0 Å². The average Bonchev–Trinajstić information content (AvgIpc) is 3.57. The van der Waals surface area contributed by atoms with E-state index in [9.17, 15) is 19.1 Å². The van der Waals surface area contributed by atoms with Crippen molar-refractivity contribution in [1.29, 1.82) is 0 Å². The lowest BCUT2D eigenvalue weighted by molar-refractivity contribution is 0.0701. The molecule has 0 spiro atoms. The number of benzene rings is 1. The molecule has 38 heavy (non-hydrogen) atoms. The number of hydrogen-bond acceptors (Lipinski definition) is 6. The van der Waals surface area contributed by atoms with E-state index in [1.54, 1.807) is 6.07 Å². The van der Waals surface area contributed by atoms with Crippen LogP contribution in [0.3, 0.4) is 0 Å². The van der Waals surface area contributed by atoms with Gasteiger partial charge in [0.05, 0.1) is 11.2 Å². The summed E-state index contributed by atoms with van der Waals surface area (Å²) < 4.78 is 30.2. The molecule has 200 valence electrons. The molecule has 6 nitrogen and oxygen atoms in total. The van der Waals surface area contributed by atoms with Crippen molar-refractivity contribution in [3.05, 3.63) is 62.4 Å². The Morgan fingerprint density at radius 1 is 1.11 bits per heavy atom. The summed E-state index contributed by atoms with van der Waals surface area (Å²) in [7, 11) is 2.08. The Morgan fingerprint density at radius 3 is 2.55 bits per heavy atom. The van der Waals surface area contributed by atoms with Crippen LogP contribution in [0.25, 0.3) is 16.0 Å². The van der Waals surface area contributed by atoms with Crippen molar-refractivity contribution in [3.8, 4) is 10.4 Å². The number of nitrogens with one attached hydrogen (secondary N) is 1. The van der Waals surface area contributed by atoms with Crippen molar-refractivity contribution in [3.63, 3.8) is 0 Å². The lowest BCUT2D eigenvalue weighted by Gasteiger charge is -2.35. The summed E-state index contributed by atoms with van der Waals surface area (Å²) in [6.45, 7) is 3.87. The zero-order chi connectivity index (χ0) is 27.0. The molecule has 1 fully saturated rings. The number of carbonyl (C=O) groups excluding carboxylic acids is 1. The molecule has 1 aliphatic heterocycles. The number of carbonyl (C=O) groups is 2. The molecule has 0 unspecified atom stereocenters. The van der Waals surface area contributed by atoms with Gasteiger partial charge in [-0.2, -0.15) is 0 Å². The summed E-state index contributed by atoms with van der Waals surface area (Å²) in [6, 6.07) is 3.64. The summed E-state index contributed by atoms with van der Waals surface area (Å²) in [5.74, 6) is -2.17. The molecule has 0 saturated heterocycles. The fourth-order valence-corrected chi connectivity index (χ4v) is 7.04. The normalized spacial score (nSPS) is 20.5. The maximum atomic E-state index is 15.3. The first-order valence-electron chi connectivity index (χ1n) is 12.7. The minimum absolute atomic E-state index is 0.0329. The number of aromatic nitrogens is 1. The standard InChI is InChI=1S/C28H29F2N3O3S2/c1-15-3-5-16(6-4-15)20-12-33(2)8-7-17(20)18-10-25(38-26(18)28(35)36)19-9-22(30)23(11-21(19)29)32-27(34)24-13-37-14-31-24/h9-11,13-16H,3-8,12H2,1-2H3,(H,32,34)(H,35,36). The number of rotatable bonds is 6. The molecule has 0 bridgehead atoms. The number of carboxylic acid groups (broad SMARTS) is 1. The van der Waals surface area contributed by atoms with Crippen molar-refractivity contribution in [2.75, 3.05) is 25.5 Å². The van der Waals surface area contributed by atoms with Crippen LogP contribution in [0.5, 0.6) is 0 Å². The Labute approximate surface area is 228 Å². The first kappa shape index (κ1) is 26.6. The van der Waals surface area contributed by atoms with Crippen LogP contribution >= 0.6 is 22.7 Å². The van der Waals surface area contributed by atoms with Gasteiger partial charge in [0.2, 0.25) is 0 Å². The van der Waals surface area contributed by atoms with E-state index in [0.717, 1.165) is 67.8 Å². The highest BCUT2D eigenvalue weighted by Gasteiger charge is 2.30. The fraction of sp³-hybridized carbons (Fsp3) is 0.393. The Balaban J connectivity index is 1.52. The minimum atomic E-state index is -1.08. The number of anilines is 1. The van der Waals surface area contributed by atoms with Crippen LogP contribution < -0.4 is 5.32 Å². The van der Waals surface area contributed by atoms with E-state index >= 15 is 4.39 Å². The van der Waals surface area contributed by atoms with Gasteiger partial charge in [-0.05, 0) is 61.4 Å². The second-order valence-electron chi connectivity index (χ2n) is 10.2. The van der Waals surface area contributed by atoms with Crippen molar-refractivity contribution in [1.82, 2.24) is 9.88 Å². The van der Waals surface area contributed by atoms with Crippen LogP contribution in [0.4, 0.5) is 14.5 Å². The molecule has 1 aliphatic carbocycles. The number of halogens is 2. The van der Waals surface area contributed by atoms with Gasteiger partial charge in [0.25, 0.3) is 5.91 Å². The largest absolute Gasteiger partial charge is 0.477 e. The lowest BCUT2D eigenvalue weighted by Crippen LogP contribution is -2.31. The van der Waals surface area contributed by atoms with Gasteiger partial charge < -0.3 is 15.3 Å². The molecule has 5 rings (SSSR count). The lowest BCUT2D eigenvalue weighted by atomic mass is 9.75. The minimum Gasteiger partial charge on any atom is -0.477 e. The van der Waals surface area contributed by atoms with Gasteiger partial charge in [0, 0.05) is 40.5 Å². The third-order valence-electron chi connectivity index (χ3n) is 7.57. The summed E-state index contributed by atoms with van der Waals surface area (Å²) in [4.78, 5) is 31.2. The second-order valence-corrected chi connectivity index (χ2v) is 12.0. The third kappa shape index (κ3) is 5.43. The van der Waals surface area contributed by atoms with Crippen LogP contribution in [-0.2, 0) is 0 Å². The Morgan fingerprint density at radius 2 is 1.87 bits per heavy atom. The number of carboxylic acids is 1. The molecule has 10 heteroatoms. The number of thiophene rings is 1. The van der Waals surface area contributed by atoms with E-state index < -0.39 is 23.5 Å². The van der Waals surface area contributed by atoms with E-state index in [2.05, 4.69) is 29.2 Å². The summed E-state index contributed by atoms with van der Waals surface area (Å²) in [6.07, 6.45) is 5.19. The molecule has 2 aromatic heterocycles. The summed E-state index contributed by atoms with van der Waals surface area (Å²) >= 11 is 2.17. The number of nitrogens with zero attached hydrogens (tertiary/aromatic N) is 2. The van der Waals surface area contributed by atoms with E-state index in [0.29, 0.717) is 28.7 Å². The second kappa shape index (κ2) is 11.0. The Kier molecular flexibility index (Phi) is 7.74. The van der Waals surface area contributed by atoms with Gasteiger partial charge in [0.1, 0.15) is 22.2 Å². The topological polar surface area (TPSA) is 82.5 Å². The summed E-state index contributed by atoms with van der Waals surface area (Å²) in [5, 5.41) is 13.9. The molecule has 3 aromatic rings. The van der Waals surface area contributed by atoms with Crippen LogP contribution in [0.2, 0.25) is 0 Å². The average molecular weight is 558 g/mol. The SMILES string of the molecule is CC1CCC(C2=C(c3cc(-c4cc(F)c(NC(=O)c5cscn5)cc4F)sc3C(=O)O)CCN(C)C2)CC1. The maximum absolute atomic E-state index is 15.3. The molecule has 0 radical (unpaired) electrons. The van der Waals surface area contributed by atoms with E-state index in [1.807, 2.05) is 0 Å². The van der Waals surface area contributed by atoms with Crippen LogP contribution in [0.1, 0.15) is 64.8 Å². The molecular formula is C28H29F2N3O3S2. The molecule has 1 amide bonds. The fourth-order valence-electron chi connectivity index (χ4n) is 5.47. The quantitative estimate of drug-likeness (QED) is 0.341. The van der Waals surface area contributed by atoms with E-state index in [-0.39, 0.29) is 21.8 Å². The van der Waals surface area contributed by atoms with Gasteiger partial charge in [0.15, 0.2) is 0 Å². The molecule has 3 heterocycles. The first-order valence-corrected chi connectivity index (χ1v) is 14.4. The van der Waals surface area contributed by atoms with Gasteiger partial charge >= 0.3 is 5.97 Å². The number of likely N-dealkylation sites (N-methyl/N-ethyl adjacent to an activating group) is 1. The van der Waals surface area contributed by atoms with Crippen LogP contribution in [0, 0.1) is 23.5 Å². The van der Waals surface area contributed by atoms with Crippen molar-refractivity contribution in [2.45, 2.75) is 39.0 Å². The van der Waals surface area contributed by atoms with Gasteiger partial charge in [-0.15, -0.1) is 22.7 Å². The number of amides is 1. The number of aromatic carboxylic acids is 1. The van der Waals surface area contributed by atoms with E-state index in [1.165, 1.54) is 27.8 Å². The number of thiazole rings is 1. The monoisotopic (exact) mass is 557 g/mol. The third-order valence-corrected chi connectivity index (χ3v) is 9.31. The Hall–Kier alpha value is -2.95. The number of hydrogen-bond donors (Lipinski definition) is 2. The maximum Gasteiger partial charge on any atom is 0.346 e. The molecule has 1 aromatic carbocycles. The highest BCUT2D eigenvalue weighted by Crippen LogP contribution is 2.44. The van der Waals surface area contributed by atoms with Crippen LogP contribution in [0.15, 0.2) is 34.7 Å². The zero-order valence-electron chi connectivity index (χ0n) is 21.2. The van der Waals surface area contributed by atoms with Crippen molar-refractivity contribution < 1.29 is 23.5 Å². The predicted octanol–water partition coefficient (Wildman–Crippen LogP) is 7.02. The van der Waals surface area contributed by atoms with Gasteiger partial charge in [-0.1, -0.05) is 19.8 Å². The molecule has 2 aliphatic rings. The van der Waals surface area contributed by atoms with Crippen LogP contribution in [-0.4, -0.2) is 47.0 Å². The first-order chi connectivity index (χ1) is 18.2.